The second-order valence-electron chi connectivity index (χ2n) is 6.94. The van der Waals surface area contributed by atoms with E-state index in [4.69, 9.17) is 4.99 Å². The summed E-state index contributed by atoms with van der Waals surface area (Å²) in [5.41, 5.74) is 3.67. The number of nitrogens with zero attached hydrogens (tertiary/aromatic N) is 4. The lowest BCUT2D eigenvalue weighted by atomic mass is 10.1. The fourth-order valence-corrected chi connectivity index (χ4v) is 2.90. The number of rotatable bonds is 6. The molecule has 0 aliphatic rings. The highest BCUT2D eigenvalue weighted by Gasteiger charge is 2.10. The van der Waals surface area contributed by atoms with Gasteiger partial charge in [0, 0.05) is 7.05 Å². The van der Waals surface area contributed by atoms with E-state index in [1.165, 1.54) is 16.7 Å². The fraction of sp³-hybridized carbons (Fsp3) is 0.318. The topological polar surface area (TPSA) is 67.1 Å². The van der Waals surface area contributed by atoms with E-state index in [2.05, 4.69) is 58.9 Å². The molecule has 6 heteroatoms. The lowest BCUT2D eigenvalue weighted by Crippen LogP contribution is -2.39. The highest BCUT2D eigenvalue weighted by atomic mass is 15.3. The summed E-state index contributed by atoms with van der Waals surface area (Å²) in [5, 5.41) is 15.2. The normalized spacial score (nSPS) is 12.6. The molecule has 1 atom stereocenters. The molecule has 146 valence electrons. The van der Waals surface area contributed by atoms with Crippen molar-refractivity contribution >= 4 is 5.96 Å². The van der Waals surface area contributed by atoms with Crippen LogP contribution in [0.5, 0.6) is 0 Å². The number of aryl methyl sites for hydroxylation is 2. The minimum Gasteiger partial charge on any atom is -0.350 e. The molecule has 3 rings (SSSR count). The number of hydrogen-bond acceptors (Lipinski definition) is 3. The predicted octanol–water partition coefficient (Wildman–Crippen LogP) is 3.43. The maximum Gasteiger partial charge on any atom is 0.192 e. The van der Waals surface area contributed by atoms with Gasteiger partial charge in [-0.2, -0.15) is 0 Å². The summed E-state index contributed by atoms with van der Waals surface area (Å²) in [7, 11) is 1.97. The van der Waals surface area contributed by atoms with Crippen LogP contribution in [0, 0.1) is 13.8 Å². The Labute approximate surface area is 166 Å². The summed E-state index contributed by atoms with van der Waals surface area (Å²) in [6.07, 6.45) is 0. The molecule has 0 aliphatic carbocycles. The molecule has 1 unspecified atom stereocenters. The summed E-state index contributed by atoms with van der Waals surface area (Å²) in [5.74, 6) is 2.51. The zero-order valence-corrected chi connectivity index (χ0v) is 17.0. The van der Waals surface area contributed by atoms with E-state index in [1.54, 1.807) is 0 Å². The minimum absolute atomic E-state index is 0.130. The van der Waals surface area contributed by atoms with Crippen LogP contribution in [0.3, 0.4) is 0 Å². The van der Waals surface area contributed by atoms with Crippen LogP contribution in [-0.2, 0) is 20.1 Å². The van der Waals surface area contributed by atoms with Crippen LogP contribution in [0.25, 0.3) is 0 Å². The van der Waals surface area contributed by atoms with Crippen molar-refractivity contribution in [2.45, 2.75) is 39.9 Å². The van der Waals surface area contributed by atoms with E-state index in [0.29, 0.717) is 13.1 Å². The molecule has 0 bridgehead atoms. The summed E-state index contributed by atoms with van der Waals surface area (Å²) in [6.45, 7) is 7.35. The Morgan fingerprint density at radius 2 is 1.75 bits per heavy atom. The van der Waals surface area contributed by atoms with Crippen LogP contribution in [0.15, 0.2) is 59.6 Å². The summed E-state index contributed by atoms with van der Waals surface area (Å²) in [6, 6.07) is 18.8. The number of hydrogen-bond donors (Lipinski definition) is 2. The van der Waals surface area contributed by atoms with Crippen LogP contribution < -0.4 is 10.6 Å². The van der Waals surface area contributed by atoms with Gasteiger partial charge in [-0.15, -0.1) is 10.2 Å². The third-order valence-electron chi connectivity index (χ3n) is 4.92. The molecule has 0 fully saturated rings. The van der Waals surface area contributed by atoms with Gasteiger partial charge in [0.15, 0.2) is 11.8 Å². The maximum atomic E-state index is 4.81. The van der Waals surface area contributed by atoms with Gasteiger partial charge in [-0.05, 0) is 37.5 Å². The lowest BCUT2D eigenvalue weighted by molar-refractivity contribution is 0.664. The van der Waals surface area contributed by atoms with Gasteiger partial charge < -0.3 is 15.2 Å². The summed E-state index contributed by atoms with van der Waals surface area (Å²) < 4.78 is 1.98. The number of aliphatic imine (C=N–C) groups is 1. The van der Waals surface area contributed by atoms with E-state index in [9.17, 15) is 0 Å². The molecule has 0 spiro atoms. The largest absolute Gasteiger partial charge is 0.350 e. The summed E-state index contributed by atoms with van der Waals surface area (Å²) in [4.78, 5) is 4.81. The van der Waals surface area contributed by atoms with E-state index in [1.807, 2.05) is 48.9 Å². The SMILES string of the molecule is Cc1ccccc1CN=C(NCc1nnc(C)n1C)NC(C)c1ccccc1. The highest BCUT2D eigenvalue weighted by Crippen LogP contribution is 2.12. The average Bonchev–Trinajstić information content (AvgIpc) is 3.03. The van der Waals surface area contributed by atoms with Gasteiger partial charge in [-0.3, -0.25) is 0 Å². The van der Waals surface area contributed by atoms with Crippen molar-refractivity contribution in [2.75, 3.05) is 0 Å². The van der Waals surface area contributed by atoms with E-state index < -0.39 is 0 Å². The van der Waals surface area contributed by atoms with Crippen molar-refractivity contribution in [3.05, 3.63) is 82.9 Å². The predicted molar refractivity (Wildman–Crippen MR) is 113 cm³/mol. The third-order valence-corrected chi connectivity index (χ3v) is 4.92. The van der Waals surface area contributed by atoms with Crippen molar-refractivity contribution in [1.82, 2.24) is 25.4 Å². The van der Waals surface area contributed by atoms with Crippen molar-refractivity contribution in [3.8, 4) is 0 Å². The smallest absolute Gasteiger partial charge is 0.192 e. The van der Waals surface area contributed by atoms with Crippen molar-refractivity contribution in [2.24, 2.45) is 12.0 Å². The molecule has 3 aromatic rings. The average molecular weight is 377 g/mol. The molecule has 2 aromatic carbocycles. The first kappa shape index (κ1) is 19.6. The Hall–Kier alpha value is -3.15. The molecule has 0 saturated heterocycles. The zero-order chi connectivity index (χ0) is 19.9. The first-order valence-electron chi connectivity index (χ1n) is 9.53. The Morgan fingerprint density at radius 1 is 1.04 bits per heavy atom. The Kier molecular flexibility index (Phi) is 6.42. The first-order valence-corrected chi connectivity index (χ1v) is 9.53. The standard InChI is InChI=1S/C22H28N6/c1-16-10-8-9-13-20(16)14-23-22(24-15-21-27-26-18(3)28(21)4)25-17(2)19-11-6-5-7-12-19/h5-13,17H,14-15H2,1-4H3,(H2,23,24,25). The van der Waals surface area contributed by atoms with Crippen molar-refractivity contribution in [1.29, 1.82) is 0 Å². The molecule has 0 saturated carbocycles. The molecule has 0 amide bonds. The number of aromatic nitrogens is 3. The quantitative estimate of drug-likeness (QED) is 0.511. The van der Waals surface area contributed by atoms with Crippen LogP contribution in [0.1, 0.15) is 41.3 Å². The minimum atomic E-state index is 0.130. The van der Waals surface area contributed by atoms with E-state index in [0.717, 1.165) is 17.6 Å². The number of guanidine groups is 1. The number of nitrogens with one attached hydrogen (secondary N) is 2. The van der Waals surface area contributed by atoms with E-state index >= 15 is 0 Å². The molecular formula is C22H28N6. The molecule has 6 nitrogen and oxygen atoms in total. The lowest BCUT2D eigenvalue weighted by Gasteiger charge is -2.19. The Morgan fingerprint density at radius 3 is 2.43 bits per heavy atom. The van der Waals surface area contributed by atoms with Gasteiger partial charge in [0.25, 0.3) is 0 Å². The van der Waals surface area contributed by atoms with E-state index in [-0.39, 0.29) is 6.04 Å². The maximum absolute atomic E-state index is 4.81. The van der Waals surface area contributed by atoms with Crippen LogP contribution in [0.4, 0.5) is 0 Å². The van der Waals surface area contributed by atoms with Gasteiger partial charge in [0.1, 0.15) is 5.82 Å². The second kappa shape index (κ2) is 9.17. The Bertz CT molecular complexity index is 929. The van der Waals surface area contributed by atoms with Crippen LogP contribution in [0.2, 0.25) is 0 Å². The summed E-state index contributed by atoms with van der Waals surface area (Å²) >= 11 is 0. The van der Waals surface area contributed by atoms with Crippen LogP contribution >= 0.6 is 0 Å². The number of benzene rings is 2. The third kappa shape index (κ3) is 4.97. The van der Waals surface area contributed by atoms with Gasteiger partial charge in [0.2, 0.25) is 0 Å². The van der Waals surface area contributed by atoms with Crippen molar-refractivity contribution in [3.63, 3.8) is 0 Å². The zero-order valence-electron chi connectivity index (χ0n) is 17.0. The van der Waals surface area contributed by atoms with Gasteiger partial charge in [-0.25, -0.2) is 4.99 Å². The monoisotopic (exact) mass is 376 g/mol. The molecule has 2 N–H and O–H groups in total. The fourth-order valence-electron chi connectivity index (χ4n) is 2.90. The molecule has 1 aromatic heterocycles. The first-order chi connectivity index (χ1) is 13.5. The van der Waals surface area contributed by atoms with Gasteiger partial charge in [-0.1, -0.05) is 54.6 Å². The highest BCUT2D eigenvalue weighted by molar-refractivity contribution is 5.80. The van der Waals surface area contributed by atoms with Crippen LogP contribution in [-0.4, -0.2) is 20.7 Å². The Balaban J connectivity index is 1.75. The second-order valence-corrected chi connectivity index (χ2v) is 6.94. The molecular weight excluding hydrogens is 348 g/mol. The molecule has 28 heavy (non-hydrogen) atoms. The molecule has 0 radical (unpaired) electrons. The van der Waals surface area contributed by atoms with Gasteiger partial charge >= 0.3 is 0 Å². The van der Waals surface area contributed by atoms with Crippen molar-refractivity contribution < 1.29 is 0 Å². The van der Waals surface area contributed by atoms with Gasteiger partial charge in [0.05, 0.1) is 19.1 Å². The molecule has 1 heterocycles. The molecule has 0 aliphatic heterocycles.